The molecule has 0 aromatic heterocycles. The standard InChI is InChI=1S/C18H20Cl2NO3P/c1-11(14-5-6-15(19)16(20)9-14)18(21)17(22)8-12-3-2-4-13(7-12)10-25(23)24/h2-7,9,11,17-18,22H,8,10,21H2,1H3/p+1/t11-,17-,18?/m0/s1. The summed E-state index contributed by atoms with van der Waals surface area (Å²) >= 11 is 12.0. The first-order chi connectivity index (χ1) is 11.8. The van der Waals surface area contributed by atoms with Crippen LogP contribution in [0.2, 0.25) is 10.0 Å². The minimum Gasteiger partial charge on any atom is -0.391 e. The highest BCUT2D eigenvalue weighted by Crippen LogP contribution is 2.29. The molecular formula is C18H21Cl2NO3P+. The van der Waals surface area contributed by atoms with Gasteiger partial charge in [0, 0.05) is 11.6 Å². The van der Waals surface area contributed by atoms with Crippen molar-refractivity contribution in [3.05, 3.63) is 69.2 Å². The zero-order valence-corrected chi connectivity index (χ0v) is 16.2. The molecule has 25 heavy (non-hydrogen) atoms. The highest BCUT2D eigenvalue weighted by Gasteiger charge is 2.24. The van der Waals surface area contributed by atoms with Gasteiger partial charge in [-0.1, -0.05) is 60.5 Å². The Morgan fingerprint density at radius 1 is 1.12 bits per heavy atom. The second-order valence-corrected chi connectivity index (χ2v) is 7.98. The minimum atomic E-state index is -2.23. The van der Waals surface area contributed by atoms with Gasteiger partial charge in [0.2, 0.25) is 6.16 Å². The van der Waals surface area contributed by atoms with E-state index in [2.05, 4.69) is 0 Å². The molecule has 4 N–H and O–H groups in total. The van der Waals surface area contributed by atoms with Gasteiger partial charge in [-0.2, -0.15) is 4.89 Å². The van der Waals surface area contributed by atoms with Crippen molar-refractivity contribution < 1.29 is 14.6 Å². The molecule has 2 aromatic carbocycles. The summed E-state index contributed by atoms with van der Waals surface area (Å²) in [7, 11) is -2.23. The van der Waals surface area contributed by atoms with Crippen LogP contribution in [0, 0.1) is 0 Å². The summed E-state index contributed by atoms with van der Waals surface area (Å²) in [6, 6.07) is 12.1. The highest BCUT2D eigenvalue weighted by atomic mass is 35.5. The third-order valence-corrected chi connectivity index (χ3v) is 5.62. The number of nitrogens with two attached hydrogens (primary N) is 1. The number of benzene rings is 2. The summed E-state index contributed by atoms with van der Waals surface area (Å²) in [5.74, 6) is -0.111. The molecule has 7 heteroatoms. The quantitative estimate of drug-likeness (QED) is 0.606. The molecule has 0 saturated carbocycles. The first-order valence-electron chi connectivity index (χ1n) is 7.88. The average Bonchev–Trinajstić information content (AvgIpc) is 2.55. The molecule has 0 aliphatic carbocycles. The van der Waals surface area contributed by atoms with Crippen molar-refractivity contribution in [3.63, 3.8) is 0 Å². The first kappa shape index (κ1) is 20.3. The highest BCUT2D eigenvalue weighted by molar-refractivity contribution is 7.37. The van der Waals surface area contributed by atoms with E-state index < -0.39 is 20.2 Å². The number of rotatable bonds is 7. The summed E-state index contributed by atoms with van der Waals surface area (Å²) in [5.41, 5.74) is 8.78. The molecule has 4 atom stereocenters. The number of hydrogen-bond acceptors (Lipinski definition) is 3. The lowest BCUT2D eigenvalue weighted by Gasteiger charge is -2.26. The van der Waals surface area contributed by atoms with Crippen LogP contribution in [-0.4, -0.2) is 22.1 Å². The van der Waals surface area contributed by atoms with Crippen molar-refractivity contribution in [2.24, 2.45) is 5.73 Å². The largest absolute Gasteiger partial charge is 0.510 e. The van der Waals surface area contributed by atoms with Crippen molar-refractivity contribution >= 4 is 31.2 Å². The summed E-state index contributed by atoms with van der Waals surface area (Å²) in [6.45, 7) is 1.93. The molecule has 0 spiro atoms. The summed E-state index contributed by atoms with van der Waals surface area (Å²) in [5, 5.41) is 11.4. The van der Waals surface area contributed by atoms with Crippen molar-refractivity contribution in [2.45, 2.75) is 37.6 Å². The van der Waals surface area contributed by atoms with Crippen LogP contribution in [0.15, 0.2) is 42.5 Å². The van der Waals surface area contributed by atoms with Gasteiger partial charge in [0.25, 0.3) is 0 Å². The zero-order valence-electron chi connectivity index (χ0n) is 13.8. The second-order valence-electron chi connectivity index (χ2n) is 6.14. The number of halogens is 2. The van der Waals surface area contributed by atoms with Crippen molar-refractivity contribution in [1.29, 1.82) is 0 Å². The monoisotopic (exact) mass is 400 g/mol. The normalized spacial score (nSPS) is 15.5. The predicted molar refractivity (Wildman–Crippen MR) is 103 cm³/mol. The molecule has 0 saturated heterocycles. The summed E-state index contributed by atoms with van der Waals surface area (Å²) in [6.07, 6.45) is -0.295. The van der Waals surface area contributed by atoms with E-state index in [4.69, 9.17) is 33.8 Å². The molecule has 0 aliphatic heterocycles. The van der Waals surface area contributed by atoms with Gasteiger partial charge in [-0.25, -0.2) is 0 Å². The second kappa shape index (κ2) is 9.09. The van der Waals surface area contributed by atoms with E-state index in [9.17, 15) is 9.67 Å². The van der Waals surface area contributed by atoms with E-state index >= 15 is 0 Å². The molecule has 4 nitrogen and oxygen atoms in total. The van der Waals surface area contributed by atoms with Gasteiger partial charge in [0.15, 0.2) is 0 Å². The Hall–Kier alpha value is -1.00. The maximum Gasteiger partial charge on any atom is 0.510 e. The fourth-order valence-corrected chi connectivity index (χ4v) is 3.56. The van der Waals surface area contributed by atoms with E-state index in [1.54, 1.807) is 18.2 Å². The van der Waals surface area contributed by atoms with Crippen LogP contribution in [0.25, 0.3) is 0 Å². The molecule has 0 heterocycles. The van der Waals surface area contributed by atoms with Crippen LogP contribution in [0.4, 0.5) is 0 Å². The Morgan fingerprint density at radius 3 is 2.44 bits per heavy atom. The average molecular weight is 401 g/mol. The van der Waals surface area contributed by atoms with Crippen LogP contribution in [0.1, 0.15) is 29.5 Å². The zero-order chi connectivity index (χ0) is 18.6. The SMILES string of the molecule is C[C@@H](c1ccc(Cl)c(Cl)c1)C(N)[C@@H](O)Cc1cccc(C[P+](=O)O)c1. The lowest BCUT2D eigenvalue weighted by atomic mass is 9.88. The van der Waals surface area contributed by atoms with E-state index in [1.807, 2.05) is 31.2 Å². The van der Waals surface area contributed by atoms with Crippen LogP contribution in [0.5, 0.6) is 0 Å². The van der Waals surface area contributed by atoms with Gasteiger partial charge in [0.1, 0.15) is 0 Å². The number of aliphatic hydroxyl groups excluding tert-OH is 1. The number of hydrogen-bond donors (Lipinski definition) is 3. The molecule has 2 unspecified atom stereocenters. The molecule has 2 aromatic rings. The third-order valence-electron chi connectivity index (χ3n) is 4.25. The van der Waals surface area contributed by atoms with E-state index in [0.29, 0.717) is 16.5 Å². The maximum atomic E-state index is 11.0. The number of aliphatic hydroxyl groups is 1. The molecular weight excluding hydrogens is 380 g/mol. The van der Waals surface area contributed by atoms with Gasteiger partial charge in [-0.15, -0.1) is 0 Å². The Kier molecular flexibility index (Phi) is 7.38. The Bertz CT molecular complexity index is 757. The first-order valence-corrected chi connectivity index (χ1v) is 10.0. The fraction of sp³-hybridized carbons (Fsp3) is 0.333. The van der Waals surface area contributed by atoms with Crippen molar-refractivity contribution in [2.75, 3.05) is 0 Å². The van der Waals surface area contributed by atoms with Crippen LogP contribution in [-0.2, 0) is 17.1 Å². The summed E-state index contributed by atoms with van der Waals surface area (Å²) < 4.78 is 11.0. The fourth-order valence-electron chi connectivity index (χ4n) is 2.74. The molecule has 0 radical (unpaired) electrons. The Morgan fingerprint density at radius 2 is 1.80 bits per heavy atom. The van der Waals surface area contributed by atoms with Crippen LogP contribution in [0.3, 0.4) is 0 Å². The van der Waals surface area contributed by atoms with Gasteiger partial charge >= 0.3 is 8.03 Å². The topological polar surface area (TPSA) is 83.5 Å². The third kappa shape index (κ3) is 5.75. The van der Waals surface area contributed by atoms with Crippen molar-refractivity contribution in [1.82, 2.24) is 0 Å². The van der Waals surface area contributed by atoms with Crippen molar-refractivity contribution in [3.8, 4) is 0 Å². The lowest BCUT2D eigenvalue weighted by molar-refractivity contribution is 0.134. The molecule has 2 rings (SSSR count). The maximum absolute atomic E-state index is 11.0. The van der Waals surface area contributed by atoms with E-state index in [-0.39, 0.29) is 12.1 Å². The smallest absolute Gasteiger partial charge is 0.391 e. The molecule has 134 valence electrons. The van der Waals surface area contributed by atoms with E-state index in [1.165, 1.54) is 0 Å². The van der Waals surface area contributed by atoms with Crippen LogP contribution >= 0.6 is 31.2 Å². The minimum absolute atomic E-state index is 0.102. The molecule has 0 fully saturated rings. The Balaban J connectivity index is 2.07. The van der Waals surface area contributed by atoms with Gasteiger partial charge < -0.3 is 10.8 Å². The molecule has 0 aliphatic rings. The van der Waals surface area contributed by atoms with Gasteiger partial charge in [-0.05, 0) is 40.2 Å². The predicted octanol–water partition coefficient (Wildman–Crippen LogP) is 4.26. The van der Waals surface area contributed by atoms with E-state index in [0.717, 1.165) is 16.7 Å². The Labute approximate surface area is 158 Å². The molecule has 0 amide bonds. The van der Waals surface area contributed by atoms with Crippen LogP contribution < -0.4 is 5.73 Å². The van der Waals surface area contributed by atoms with Gasteiger partial charge in [0.05, 0.1) is 16.1 Å². The summed E-state index contributed by atoms with van der Waals surface area (Å²) in [4.78, 5) is 9.03. The molecule has 0 bridgehead atoms. The van der Waals surface area contributed by atoms with Gasteiger partial charge in [-0.3, -0.25) is 0 Å². The lowest BCUT2D eigenvalue weighted by Crippen LogP contribution is -2.40.